The Morgan fingerprint density at radius 1 is 1.35 bits per heavy atom. The maximum atomic E-state index is 11.8. The Bertz CT molecular complexity index is 306. The molecule has 1 unspecified atom stereocenters. The van der Waals surface area contributed by atoms with Crippen LogP contribution in [0.2, 0.25) is 0 Å². The summed E-state index contributed by atoms with van der Waals surface area (Å²) in [5, 5.41) is -0.322. The van der Waals surface area contributed by atoms with Gasteiger partial charge in [-0.05, 0) is 12.8 Å². The number of rotatable bonds is 8. The lowest BCUT2D eigenvalue weighted by atomic mass is 10.2. The summed E-state index contributed by atoms with van der Waals surface area (Å²) in [4.78, 5) is 0. The number of halogens is 4. The van der Waals surface area contributed by atoms with E-state index in [-0.39, 0.29) is 11.9 Å². The zero-order chi connectivity index (χ0) is 13.5. The molecular formula is C9H17ClF3NO2S. The van der Waals surface area contributed by atoms with Crippen LogP contribution < -0.4 is 4.72 Å². The summed E-state index contributed by atoms with van der Waals surface area (Å²) in [6.07, 6.45) is -4.35. The molecule has 0 saturated heterocycles. The summed E-state index contributed by atoms with van der Waals surface area (Å²) in [5.41, 5.74) is 0. The smallest absolute Gasteiger partial charge is 0.214 e. The minimum Gasteiger partial charge on any atom is -0.214 e. The first kappa shape index (κ1) is 17.0. The van der Waals surface area contributed by atoms with E-state index in [2.05, 4.69) is 4.72 Å². The first-order chi connectivity index (χ1) is 7.66. The van der Waals surface area contributed by atoms with Gasteiger partial charge >= 0.3 is 6.18 Å². The Labute approximate surface area is 105 Å². The maximum Gasteiger partial charge on any atom is 0.389 e. The van der Waals surface area contributed by atoms with Gasteiger partial charge < -0.3 is 0 Å². The molecular weight excluding hydrogens is 279 g/mol. The van der Waals surface area contributed by atoms with Crippen LogP contribution in [-0.2, 0) is 10.0 Å². The SMILES string of the molecule is CCCC(Cl)CNS(=O)(=O)CCCC(F)(F)F. The molecule has 0 fully saturated rings. The van der Waals surface area contributed by atoms with Gasteiger partial charge in [0.2, 0.25) is 10.0 Å². The fraction of sp³-hybridized carbons (Fsp3) is 1.00. The van der Waals surface area contributed by atoms with E-state index >= 15 is 0 Å². The normalized spacial score (nSPS) is 14.9. The monoisotopic (exact) mass is 295 g/mol. The largest absolute Gasteiger partial charge is 0.389 e. The van der Waals surface area contributed by atoms with Gasteiger partial charge in [-0.15, -0.1) is 11.6 Å². The highest BCUT2D eigenvalue weighted by Gasteiger charge is 2.27. The lowest BCUT2D eigenvalue weighted by Crippen LogP contribution is -2.32. The maximum absolute atomic E-state index is 11.8. The van der Waals surface area contributed by atoms with Crippen LogP contribution >= 0.6 is 11.6 Å². The molecule has 0 rings (SSSR count). The van der Waals surface area contributed by atoms with Crippen molar-refractivity contribution >= 4 is 21.6 Å². The van der Waals surface area contributed by atoms with Crippen LogP contribution in [0.4, 0.5) is 13.2 Å². The molecule has 0 spiro atoms. The first-order valence-corrected chi connectivity index (χ1v) is 7.43. The Kier molecular flexibility index (Phi) is 7.43. The molecule has 0 bridgehead atoms. The van der Waals surface area contributed by atoms with Gasteiger partial charge in [-0.25, -0.2) is 13.1 Å². The predicted molar refractivity (Wildman–Crippen MR) is 61.6 cm³/mol. The van der Waals surface area contributed by atoms with Crippen molar-refractivity contribution in [3.8, 4) is 0 Å². The zero-order valence-corrected chi connectivity index (χ0v) is 11.1. The molecule has 0 aliphatic rings. The van der Waals surface area contributed by atoms with Crippen molar-refractivity contribution in [2.45, 2.75) is 44.2 Å². The van der Waals surface area contributed by atoms with Crippen LogP contribution in [0, 0.1) is 0 Å². The Balaban J connectivity index is 3.89. The van der Waals surface area contributed by atoms with Crippen molar-refractivity contribution in [2.75, 3.05) is 12.3 Å². The third kappa shape index (κ3) is 10.8. The van der Waals surface area contributed by atoms with Gasteiger partial charge in [-0.2, -0.15) is 13.2 Å². The van der Waals surface area contributed by atoms with Crippen molar-refractivity contribution < 1.29 is 21.6 Å². The summed E-state index contributed by atoms with van der Waals surface area (Å²) in [7, 11) is -3.65. The Morgan fingerprint density at radius 2 is 1.94 bits per heavy atom. The number of alkyl halides is 4. The molecule has 8 heteroatoms. The van der Waals surface area contributed by atoms with Gasteiger partial charge in [-0.3, -0.25) is 0 Å². The second kappa shape index (κ2) is 7.43. The van der Waals surface area contributed by atoms with Gasteiger partial charge in [0.25, 0.3) is 0 Å². The topological polar surface area (TPSA) is 46.2 Å². The van der Waals surface area contributed by atoms with Crippen molar-refractivity contribution in [3.05, 3.63) is 0 Å². The van der Waals surface area contributed by atoms with Gasteiger partial charge in [0.05, 0.1) is 5.75 Å². The quantitative estimate of drug-likeness (QED) is 0.700. The average molecular weight is 296 g/mol. The molecule has 0 radical (unpaired) electrons. The number of sulfonamides is 1. The van der Waals surface area contributed by atoms with E-state index in [1.165, 1.54) is 0 Å². The first-order valence-electron chi connectivity index (χ1n) is 5.34. The average Bonchev–Trinajstić information content (AvgIpc) is 2.13. The Morgan fingerprint density at radius 3 is 2.41 bits per heavy atom. The van der Waals surface area contributed by atoms with Gasteiger partial charge in [0, 0.05) is 18.3 Å². The van der Waals surface area contributed by atoms with E-state index < -0.39 is 34.8 Å². The molecule has 104 valence electrons. The second-order valence-corrected chi connectivity index (χ2v) is 6.32. The summed E-state index contributed by atoms with van der Waals surface area (Å²) >= 11 is 5.79. The molecule has 0 aromatic carbocycles. The molecule has 0 aromatic rings. The van der Waals surface area contributed by atoms with Crippen LogP contribution in [0.3, 0.4) is 0 Å². The predicted octanol–water partition coefficient (Wildman–Crippen LogP) is 2.66. The van der Waals surface area contributed by atoms with E-state index in [9.17, 15) is 21.6 Å². The van der Waals surface area contributed by atoms with Crippen molar-refractivity contribution in [2.24, 2.45) is 0 Å². The van der Waals surface area contributed by atoms with Gasteiger partial charge in [0.1, 0.15) is 0 Å². The third-order valence-corrected chi connectivity index (χ3v) is 3.81. The lowest BCUT2D eigenvalue weighted by Gasteiger charge is -2.11. The third-order valence-electron chi connectivity index (χ3n) is 2.00. The van der Waals surface area contributed by atoms with Crippen LogP contribution in [0.15, 0.2) is 0 Å². The number of hydrogen-bond acceptors (Lipinski definition) is 2. The minimum absolute atomic E-state index is 0.0593. The van der Waals surface area contributed by atoms with Crippen molar-refractivity contribution in [1.82, 2.24) is 4.72 Å². The fourth-order valence-electron chi connectivity index (χ4n) is 1.17. The molecule has 1 N–H and O–H groups in total. The van der Waals surface area contributed by atoms with Crippen molar-refractivity contribution in [3.63, 3.8) is 0 Å². The molecule has 0 saturated carbocycles. The van der Waals surface area contributed by atoms with Crippen LogP contribution in [0.5, 0.6) is 0 Å². The summed E-state index contributed by atoms with van der Waals surface area (Å²) in [6.45, 7) is 1.97. The van der Waals surface area contributed by atoms with Crippen LogP contribution in [0.25, 0.3) is 0 Å². The molecule has 0 aliphatic carbocycles. The van der Waals surface area contributed by atoms with E-state index in [1.807, 2.05) is 6.92 Å². The highest BCUT2D eigenvalue weighted by Crippen LogP contribution is 2.21. The van der Waals surface area contributed by atoms with E-state index in [0.717, 1.165) is 6.42 Å². The molecule has 17 heavy (non-hydrogen) atoms. The van der Waals surface area contributed by atoms with Crippen molar-refractivity contribution in [1.29, 1.82) is 0 Å². The molecule has 0 heterocycles. The van der Waals surface area contributed by atoms with E-state index in [1.54, 1.807) is 0 Å². The van der Waals surface area contributed by atoms with E-state index in [0.29, 0.717) is 6.42 Å². The fourth-order valence-corrected chi connectivity index (χ4v) is 2.68. The molecule has 0 aromatic heterocycles. The summed E-state index contributed by atoms with van der Waals surface area (Å²) < 4.78 is 60.2. The summed E-state index contributed by atoms with van der Waals surface area (Å²) in [6, 6.07) is 0. The minimum atomic E-state index is -4.31. The van der Waals surface area contributed by atoms with Gasteiger partial charge in [0.15, 0.2) is 0 Å². The highest BCUT2D eigenvalue weighted by atomic mass is 35.5. The zero-order valence-electron chi connectivity index (χ0n) is 9.56. The van der Waals surface area contributed by atoms with E-state index in [4.69, 9.17) is 11.6 Å². The van der Waals surface area contributed by atoms with Crippen LogP contribution in [-0.4, -0.2) is 32.3 Å². The second-order valence-electron chi connectivity index (χ2n) is 3.77. The molecule has 1 atom stereocenters. The number of hydrogen-bond donors (Lipinski definition) is 1. The van der Waals surface area contributed by atoms with Crippen LogP contribution in [0.1, 0.15) is 32.6 Å². The lowest BCUT2D eigenvalue weighted by molar-refractivity contribution is -0.134. The standard InChI is InChI=1S/C9H17ClF3NO2S/c1-2-4-8(10)7-14-17(15,16)6-3-5-9(11,12)13/h8,14H,2-7H2,1H3. The molecule has 0 amide bonds. The molecule has 0 aliphatic heterocycles. The Hall–Kier alpha value is -0.0100. The van der Waals surface area contributed by atoms with Gasteiger partial charge in [-0.1, -0.05) is 13.3 Å². The molecule has 3 nitrogen and oxygen atoms in total. The summed E-state index contributed by atoms with van der Waals surface area (Å²) in [5.74, 6) is -0.526. The number of nitrogens with one attached hydrogen (secondary N) is 1. The highest BCUT2D eigenvalue weighted by molar-refractivity contribution is 7.89.